The van der Waals surface area contributed by atoms with Gasteiger partial charge in [0.1, 0.15) is 0 Å². The summed E-state index contributed by atoms with van der Waals surface area (Å²) >= 11 is 0. The number of amides is 1. The maximum Gasteiger partial charge on any atom is 0.224 e. The molecule has 0 bridgehead atoms. The van der Waals surface area contributed by atoms with Crippen molar-refractivity contribution in [2.45, 2.75) is 13.8 Å². The number of carbonyl (C=O) groups excluding carboxylic acids is 1. The first-order valence-corrected chi connectivity index (χ1v) is 6.97. The van der Waals surface area contributed by atoms with E-state index in [0.717, 1.165) is 0 Å². The van der Waals surface area contributed by atoms with Crippen molar-refractivity contribution in [1.82, 2.24) is 15.4 Å². The molecule has 0 fully saturated rings. The Morgan fingerprint density at radius 2 is 1.94 bits per heavy atom. The van der Waals surface area contributed by atoms with E-state index in [1.165, 1.54) is 0 Å². The minimum atomic E-state index is -3.16. The van der Waals surface area contributed by atoms with Gasteiger partial charge in [-0.3, -0.25) is 4.79 Å². The van der Waals surface area contributed by atoms with Crippen LogP contribution in [0.4, 0.5) is 0 Å². The lowest BCUT2D eigenvalue weighted by Gasteiger charge is -2.11. The zero-order valence-electron chi connectivity index (χ0n) is 10.0. The normalized spacial score (nSPS) is 13.4. The van der Waals surface area contributed by atoms with Crippen LogP contribution in [0.15, 0.2) is 0 Å². The van der Waals surface area contributed by atoms with Gasteiger partial charge in [0.05, 0.1) is 5.75 Å². The van der Waals surface area contributed by atoms with Crippen molar-refractivity contribution in [1.29, 1.82) is 0 Å². The molecule has 1 amide bonds. The lowest BCUT2D eigenvalue weighted by molar-refractivity contribution is -0.124. The monoisotopic (exact) mass is 251 g/mol. The third-order valence-corrected chi connectivity index (χ3v) is 3.49. The molecular formula is C9H21N3O3S. The standard InChI is InChI=1S/C9H21N3O3S/c1-4-16(14,15)12-6-5-11-9(13)8(2)7-10-3/h8,10,12H,4-7H2,1-3H3,(H,11,13). The zero-order valence-corrected chi connectivity index (χ0v) is 10.9. The Bertz CT molecular complexity index is 303. The first kappa shape index (κ1) is 15.3. The van der Waals surface area contributed by atoms with E-state index >= 15 is 0 Å². The molecule has 1 unspecified atom stereocenters. The fraction of sp³-hybridized carbons (Fsp3) is 0.889. The van der Waals surface area contributed by atoms with Gasteiger partial charge in [0.15, 0.2) is 0 Å². The number of hydrogen-bond donors (Lipinski definition) is 3. The largest absolute Gasteiger partial charge is 0.355 e. The Hall–Kier alpha value is -0.660. The van der Waals surface area contributed by atoms with Crippen molar-refractivity contribution in [3.63, 3.8) is 0 Å². The highest BCUT2D eigenvalue weighted by molar-refractivity contribution is 7.89. The van der Waals surface area contributed by atoms with Crippen LogP contribution >= 0.6 is 0 Å². The van der Waals surface area contributed by atoms with Crippen LogP contribution in [0.3, 0.4) is 0 Å². The van der Waals surface area contributed by atoms with Crippen LogP contribution in [0, 0.1) is 5.92 Å². The Kier molecular flexibility index (Phi) is 7.27. The smallest absolute Gasteiger partial charge is 0.224 e. The molecule has 0 aromatic carbocycles. The van der Waals surface area contributed by atoms with E-state index in [0.29, 0.717) is 13.1 Å². The predicted molar refractivity (Wildman–Crippen MR) is 63.6 cm³/mol. The Morgan fingerprint density at radius 3 is 2.44 bits per heavy atom. The average Bonchev–Trinajstić information content (AvgIpc) is 2.24. The highest BCUT2D eigenvalue weighted by atomic mass is 32.2. The third kappa shape index (κ3) is 6.76. The molecule has 0 saturated carbocycles. The van der Waals surface area contributed by atoms with Crippen molar-refractivity contribution in [2.75, 3.05) is 32.4 Å². The van der Waals surface area contributed by atoms with E-state index in [4.69, 9.17) is 0 Å². The Labute approximate surface area is 97.2 Å². The highest BCUT2D eigenvalue weighted by Gasteiger charge is 2.11. The molecule has 3 N–H and O–H groups in total. The zero-order chi connectivity index (χ0) is 12.6. The summed E-state index contributed by atoms with van der Waals surface area (Å²) in [5, 5.41) is 5.56. The second-order valence-electron chi connectivity index (χ2n) is 3.55. The van der Waals surface area contributed by atoms with Crippen LogP contribution in [0.25, 0.3) is 0 Å². The maximum absolute atomic E-state index is 11.4. The molecule has 0 saturated heterocycles. The summed E-state index contributed by atoms with van der Waals surface area (Å²) in [6.07, 6.45) is 0. The van der Waals surface area contributed by atoms with Crippen LogP contribution in [-0.4, -0.2) is 46.8 Å². The minimum Gasteiger partial charge on any atom is -0.355 e. The topological polar surface area (TPSA) is 87.3 Å². The van der Waals surface area contributed by atoms with Crippen molar-refractivity contribution >= 4 is 15.9 Å². The molecule has 0 aliphatic rings. The van der Waals surface area contributed by atoms with Crippen LogP contribution in [0.2, 0.25) is 0 Å². The van der Waals surface area contributed by atoms with Gasteiger partial charge in [-0.25, -0.2) is 13.1 Å². The lowest BCUT2D eigenvalue weighted by atomic mass is 10.1. The van der Waals surface area contributed by atoms with Gasteiger partial charge in [-0.2, -0.15) is 0 Å². The molecule has 0 aliphatic carbocycles. The molecule has 0 aliphatic heterocycles. The van der Waals surface area contributed by atoms with Gasteiger partial charge in [-0.1, -0.05) is 6.92 Å². The molecule has 0 spiro atoms. The lowest BCUT2D eigenvalue weighted by Crippen LogP contribution is -2.39. The second-order valence-corrected chi connectivity index (χ2v) is 5.64. The molecule has 0 aromatic rings. The first-order chi connectivity index (χ1) is 7.43. The summed E-state index contributed by atoms with van der Waals surface area (Å²) in [6.45, 7) is 4.52. The van der Waals surface area contributed by atoms with Gasteiger partial charge >= 0.3 is 0 Å². The van der Waals surface area contributed by atoms with E-state index in [1.807, 2.05) is 6.92 Å². The minimum absolute atomic E-state index is 0.0527. The van der Waals surface area contributed by atoms with E-state index in [2.05, 4.69) is 15.4 Å². The molecule has 7 heteroatoms. The van der Waals surface area contributed by atoms with Gasteiger partial charge in [0, 0.05) is 25.6 Å². The second kappa shape index (κ2) is 7.59. The van der Waals surface area contributed by atoms with Gasteiger partial charge in [-0.05, 0) is 14.0 Å². The highest BCUT2D eigenvalue weighted by Crippen LogP contribution is 1.90. The molecule has 0 aromatic heterocycles. The van der Waals surface area contributed by atoms with Crippen LogP contribution in [0.1, 0.15) is 13.8 Å². The van der Waals surface area contributed by atoms with E-state index in [-0.39, 0.29) is 24.1 Å². The van der Waals surface area contributed by atoms with Crippen LogP contribution < -0.4 is 15.4 Å². The van der Waals surface area contributed by atoms with Gasteiger partial charge in [0.25, 0.3) is 0 Å². The molecule has 96 valence electrons. The fourth-order valence-corrected chi connectivity index (χ4v) is 1.68. The molecule has 16 heavy (non-hydrogen) atoms. The van der Waals surface area contributed by atoms with Crippen LogP contribution in [0.5, 0.6) is 0 Å². The molecule has 0 heterocycles. The van der Waals surface area contributed by atoms with Crippen LogP contribution in [-0.2, 0) is 14.8 Å². The number of nitrogens with one attached hydrogen (secondary N) is 3. The Balaban J connectivity index is 3.71. The molecular weight excluding hydrogens is 230 g/mol. The molecule has 1 atom stereocenters. The summed E-state index contributed by atoms with van der Waals surface area (Å²) in [5.41, 5.74) is 0. The number of sulfonamides is 1. The first-order valence-electron chi connectivity index (χ1n) is 5.32. The summed E-state index contributed by atoms with van der Waals surface area (Å²) in [5.74, 6) is -0.144. The number of carbonyl (C=O) groups is 1. The SMILES string of the molecule is CCS(=O)(=O)NCCNC(=O)C(C)CNC. The fourth-order valence-electron chi connectivity index (χ4n) is 1.07. The third-order valence-electron chi connectivity index (χ3n) is 2.08. The van der Waals surface area contributed by atoms with E-state index in [1.54, 1.807) is 14.0 Å². The molecule has 0 rings (SSSR count). The summed E-state index contributed by atoms with van der Waals surface area (Å²) < 4.78 is 24.5. The van der Waals surface area contributed by atoms with Crippen molar-refractivity contribution in [3.8, 4) is 0 Å². The van der Waals surface area contributed by atoms with Crippen molar-refractivity contribution in [2.24, 2.45) is 5.92 Å². The number of rotatable bonds is 8. The average molecular weight is 251 g/mol. The maximum atomic E-state index is 11.4. The summed E-state index contributed by atoms with van der Waals surface area (Å²) in [7, 11) is -1.38. The van der Waals surface area contributed by atoms with Crippen molar-refractivity contribution in [3.05, 3.63) is 0 Å². The predicted octanol–water partition coefficient (Wildman–Crippen LogP) is -1.10. The summed E-state index contributed by atoms with van der Waals surface area (Å²) in [4.78, 5) is 11.4. The summed E-state index contributed by atoms with van der Waals surface area (Å²) in [6, 6.07) is 0. The Morgan fingerprint density at radius 1 is 1.31 bits per heavy atom. The van der Waals surface area contributed by atoms with Gasteiger partial charge in [-0.15, -0.1) is 0 Å². The molecule has 0 radical (unpaired) electrons. The molecule has 6 nitrogen and oxygen atoms in total. The van der Waals surface area contributed by atoms with Gasteiger partial charge in [0.2, 0.25) is 15.9 Å². The van der Waals surface area contributed by atoms with Gasteiger partial charge < -0.3 is 10.6 Å². The number of hydrogen-bond acceptors (Lipinski definition) is 4. The van der Waals surface area contributed by atoms with Crippen molar-refractivity contribution < 1.29 is 13.2 Å². The van der Waals surface area contributed by atoms with E-state index in [9.17, 15) is 13.2 Å². The quantitative estimate of drug-likeness (QED) is 0.478. The van der Waals surface area contributed by atoms with E-state index < -0.39 is 10.0 Å².